The van der Waals surface area contributed by atoms with Crippen molar-refractivity contribution in [2.24, 2.45) is 4.99 Å². The van der Waals surface area contributed by atoms with Gasteiger partial charge in [-0.3, -0.25) is 0 Å². The summed E-state index contributed by atoms with van der Waals surface area (Å²) in [5, 5.41) is 2.14. The summed E-state index contributed by atoms with van der Waals surface area (Å²) in [5.41, 5.74) is 1.32. The van der Waals surface area contributed by atoms with Crippen LogP contribution in [0.15, 0.2) is 52.8 Å². The second kappa shape index (κ2) is 5.83. The van der Waals surface area contributed by atoms with Crippen LogP contribution >= 0.6 is 11.3 Å². The molecule has 3 rings (SSSR count). The third-order valence-corrected chi connectivity index (χ3v) is 6.61. The Kier molecular flexibility index (Phi) is 3.94. The van der Waals surface area contributed by atoms with Crippen LogP contribution in [0.25, 0.3) is 0 Å². The molecule has 0 bridgehead atoms. The Morgan fingerprint density at radius 3 is 2.67 bits per heavy atom. The molecular formula is C15H15NSSe. The van der Waals surface area contributed by atoms with Gasteiger partial charge in [-0.2, -0.15) is 0 Å². The summed E-state index contributed by atoms with van der Waals surface area (Å²) >= 11 is 2.38. The summed E-state index contributed by atoms with van der Waals surface area (Å²) in [7, 11) is 0. The molecule has 0 radical (unpaired) electrons. The van der Waals surface area contributed by atoms with Crippen molar-refractivity contribution in [2.75, 3.05) is 6.54 Å². The van der Waals surface area contributed by atoms with E-state index in [1.54, 1.807) is 0 Å². The molecule has 0 saturated carbocycles. The second-order valence-corrected chi connectivity index (χ2v) is 8.19. The summed E-state index contributed by atoms with van der Waals surface area (Å²) in [4.78, 5) is 6.94. The van der Waals surface area contributed by atoms with Gasteiger partial charge < -0.3 is 0 Å². The van der Waals surface area contributed by atoms with Crippen LogP contribution in [0.4, 0.5) is 0 Å². The topological polar surface area (TPSA) is 12.4 Å². The molecule has 2 heterocycles. The van der Waals surface area contributed by atoms with E-state index in [1.165, 1.54) is 21.5 Å². The van der Waals surface area contributed by atoms with Crippen molar-refractivity contribution in [1.29, 1.82) is 0 Å². The van der Waals surface area contributed by atoms with Gasteiger partial charge in [0.25, 0.3) is 0 Å². The van der Waals surface area contributed by atoms with E-state index in [2.05, 4.69) is 47.8 Å². The maximum atomic E-state index is 4.79. The van der Waals surface area contributed by atoms with E-state index < -0.39 is 0 Å². The molecule has 3 heteroatoms. The molecule has 1 aliphatic rings. The zero-order valence-corrected chi connectivity index (χ0v) is 12.6. The normalized spacial score (nSPS) is 19.6. The predicted octanol–water partition coefficient (Wildman–Crippen LogP) is 3.15. The van der Waals surface area contributed by atoms with Crippen molar-refractivity contribution in [2.45, 2.75) is 17.7 Å². The van der Waals surface area contributed by atoms with Crippen LogP contribution in [0, 0.1) is 0 Å². The summed E-state index contributed by atoms with van der Waals surface area (Å²) in [6.07, 6.45) is 2.45. The van der Waals surface area contributed by atoms with Crippen LogP contribution in [0.5, 0.6) is 0 Å². The van der Waals surface area contributed by atoms with Gasteiger partial charge in [-0.05, 0) is 0 Å². The van der Waals surface area contributed by atoms with Gasteiger partial charge in [-0.25, -0.2) is 0 Å². The first-order valence-corrected chi connectivity index (χ1v) is 8.93. The SMILES string of the molecule is c1ccc([Se]C2CCC(c3cccs3)=NC2)cc1. The van der Waals surface area contributed by atoms with Crippen molar-refractivity contribution < 1.29 is 0 Å². The number of hydrogen-bond acceptors (Lipinski definition) is 2. The average Bonchev–Trinajstić information content (AvgIpc) is 2.95. The monoisotopic (exact) mass is 321 g/mol. The molecule has 0 fully saturated rings. The Balaban J connectivity index is 1.63. The van der Waals surface area contributed by atoms with Gasteiger partial charge >= 0.3 is 118 Å². The van der Waals surface area contributed by atoms with Crippen LogP contribution in [-0.2, 0) is 0 Å². The van der Waals surface area contributed by atoms with Crippen LogP contribution in [-0.4, -0.2) is 27.2 Å². The maximum absolute atomic E-state index is 4.79. The molecule has 0 amide bonds. The first-order chi connectivity index (χ1) is 8.92. The van der Waals surface area contributed by atoms with Crippen LogP contribution < -0.4 is 4.46 Å². The molecule has 92 valence electrons. The molecule has 0 spiro atoms. The minimum absolute atomic E-state index is 0.575. The van der Waals surface area contributed by atoms with Crippen molar-refractivity contribution >= 4 is 36.5 Å². The van der Waals surface area contributed by atoms with Crippen LogP contribution in [0.3, 0.4) is 0 Å². The third-order valence-electron chi connectivity index (χ3n) is 3.04. The molecule has 0 aliphatic carbocycles. The van der Waals surface area contributed by atoms with Gasteiger partial charge in [0, 0.05) is 0 Å². The van der Waals surface area contributed by atoms with E-state index >= 15 is 0 Å². The molecular weight excluding hydrogens is 305 g/mol. The van der Waals surface area contributed by atoms with E-state index in [0.29, 0.717) is 15.0 Å². The summed E-state index contributed by atoms with van der Waals surface area (Å²) in [5.74, 6) is 0. The van der Waals surface area contributed by atoms with Gasteiger partial charge in [0.2, 0.25) is 0 Å². The van der Waals surface area contributed by atoms with E-state index in [-0.39, 0.29) is 0 Å². The molecule has 0 N–H and O–H groups in total. The van der Waals surface area contributed by atoms with Crippen molar-refractivity contribution in [1.82, 2.24) is 0 Å². The number of thiophene rings is 1. The minimum atomic E-state index is 0.575. The zero-order chi connectivity index (χ0) is 12.2. The average molecular weight is 320 g/mol. The summed E-state index contributed by atoms with van der Waals surface area (Å²) < 4.78 is 1.50. The predicted molar refractivity (Wildman–Crippen MR) is 80.5 cm³/mol. The molecule has 1 atom stereocenters. The fourth-order valence-corrected chi connectivity index (χ4v) is 5.15. The Bertz CT molecular complexity index is 519. The van der Waals surface area contributed by atoms with E-state index in [4.69, 9.17) is 4.99 Å². The fraction of sp³-hybridized carbons (Fsp3) is 0.267. The molecule has 2 aromatic rings. The van der Waals surface area contributed by atoms with Gasteiger partial charge in [-0.15, -0.1) is 0 Å². The first-order valence-electron chi connectivity index (χ1n) is 6.21. The molecule has 1 aromatic carbocycles. The molecule has 1 aromatic heterocycles. The Morgan fingerprint density at radius 1 is 1.11 bits per heavy atom. The first kappa shape index (κ1) is 12.2. The van der Waals surface area contributed by atoms with Crippen molar-refractivity contribution in [3.05, 3.63) is 52.7 Å². The van der Waals surface area contributed by atoms with Crippen molar-refractivity contribution in [3.63, 3.8) is 0 Å². The van der Waals surface area contributed by atoms with Crippen molar-refractivity contribution in [3.8, 4) is 0 Å². The van der Waals surface area contributed by atoms with Crippen LogP contribution in [0.1, 0.15) is 17.7 Å². The number of rotatable bonds is 3. The number of hydrogen-bond donors (Lipinski definition) is 0. The Hall–Kier alpha value is -0.891. The summed E-state index contributed by atoms with van der Waals surface area (Å²) in [6.45, 7) is 1.02. The van der Waals surface area contributed by atoms with E-state index in [9.17, 15) is 0 Å². The van der Waals surface area contributed by atoms with Gasteiger partial charge in [0.1, 0.15) is 0 Å². The standard InChI is InChI=1S/C15H15NSSe/c1-2-5-12(6-3-1)18-13-8-9-14(16-11-13)15-7-4-10-17-15/h1-7,10,13H,8-9,11H2. The molecule has 0 saturated heterocycles. The number of benzene rings is 1. The van der Waals surface area contributed by atoms with E-state index in [1.807, 2.05) is 11.3 Å². The molecule has 18 heavy (non-hydrogen) atoms. The number of aliphatic imine (C=N–C) groups is 1. The molecule has 1 aliphatic heterocycles. The second-order valence-electron chi connectivity index (χ2n) is 4.36. The quantitative estimate of drug-likeness (QED) is 0.771. The Labute approximate surface area is 118 Å². The fourth-order valence-electron chi connectivity index (χ4n) is 2.11. The van der Waals surface area contributed by atoms with Gasteiger partial charge in [-0.1, -0.05) is 0 Å². The number of nitrogens with zero attached hydrogens (tertiary/aromatic N) is 1. The molecule has 1 unspecified atom stereocenters. The zero-order valence-electron chi connectivity index (χ0n) is 10.1. The Morgan fingerprint density at radius 2 is 2.00 bits per heavy atom. The third kappa shape index (κ3) is 2.92. The van der Waals surface area contributed by atoms with Crippen LogP contribution in [0.2, 0.25) is 4.82 Å². The van der Waals surface area contributed by atoms with Gasteiger partial charge in [0.15, 0.2) is 0 Å². The van der Waals surface area contributed by atoms with Gasteiger partial charge in [0.05, 0.1) is 0 Å². The molecule has 1 nitrogen and oxygen atoms in total. The van der Waals surface area contributed by atoms with E-state index in [0.717, 1.165) is 17.8 Å². The summed E-state index contributed by atoms with van der Waals surface area (Å²) in [6, 6.07) is 15.2.